The average molecular weight is 442 g/mol. The smallest absolute Gasteiger partial charge is 0.255 e. The number of benzene rings is 2. The molecule has 5 rings (SSSR count). The molecule has 0 fully saturated rings. The van der Waals surface area contributed by atoms with Crippen molar-refractivity contribution in [1.82, 2.24) is 29.8 Å². The molecule has 0 aliphatic rings. The molecule has 0 spiro atoms. The summed E-state index contributed by atoms with van der Waals surface area (Å²) in [5.41, 5.74) is 3.42. The third kappa shape index (κ3) is 4.23. The molecule has 2 N–H and O–H groups in total. The Bertz CT molecular complexity index is 1380. The van der Waals surface area contributed by atoms with Crippen LogP contribution in [0.2, 0.25) is 0 Å². The number of carbonyl (C=O) groups excluding carboxylic acids is 1. The van der Waals surface area contributed by atoms with Gasteiger partial charge in [0.15, 0.2) is 11.6 Å². The number of rotatable bonds is 7. The number of nitrogens with one attached hydrogen (secondary N) is 2. The monoisotopic (exact) mass is 441 g/mol. The fourth-order valence-electron chi connectivity index (χ4n) is 3.24. The molecule has 0 saturated heterocycles. The van der Waals surface area contributed by atoms with Crippen LogP contribution < -0.4 is 5.32 Å². The van der Waals surface area contributed by atoms with Crippen LogP contribution in [0.1, 0.15) is 16.1 Å². The Hall–Kier alpha value is -3.98. The zero-order valence-electron chi connectivity index (χ0n) is 17.2. The SMILES string of the molecule is Cc1cc(Nc2cc(-c3ccccc3)[nH]n2)n2nc(SCC(=O)c3ccccc3)nc2n1. The molecule has 5 aromatic rings. The number of ketones is 1. The van der Waals surface area contributed by atoms with E-state index in [9.17, 15) is 4.79 Å². The molecule has 32 heavy (non-hydrogen) atoms. The van der Waals surface area contributed by atoms with E-state index in [4.69, 9.17) is 0 Å². The van der Waals surface area contributed by atoms with Gasteiger partial charge in [-0.2, -0.15) is 14.6 Å². The van der Waals surface area contributed by atoms with E-state index >= 15 is 0 Å². The lowest BCUT2D eigenvalue weighted by atomic mass is 10.2. The van der Waals surface area contributed by atoms with Crippen LogP contribution >= 0.6 is 11.8 Å². The summed E-state index contributed by atoms with van der Waals surface area (Å²) in [4.78, 5) is 21.3. The van der Waals surface area contributed by atoms with E-state index in [-0.39, 0.29) is 11.5 Å². The van der Waals surface area contributed by atoms with Crippen molar-refractivity contribution in [3.05, 3.63) is 84.1 Å². The Balaban J connectivity index is 1.36. The van der Waals surface area contributed by atoms with E-state index < -0.39 is 0 Å². The molecule has 0 unspecified atom stereocenters. The van der Waals surface area contributed by atoms with Gasteiger partial charge in [0, 0.05) is 23.4 Å². The fourth-order valence-corrected chi connectivity index (χ4v) is 3.95. The van der Waals surface area contributed by atoms with Crippen molar-refractivity contribution in [2.45, 2.75) is 12.1 Å². The van der Waals surface area contributed by atoms with Gasteiger partial charge in [0.05, 0.1) is 11.4 Å². The van der Waals surface area contributed by atoms with Crippen molar-refractivity contribution < 1.29 is 4.79 Å². The fraction of sp³-hybridized carbons (Fsp3) is 0.0870. The first-order chi connectivity index (χ1) is 15.7. The normalized spacial score (nSPS) is 11.0. The first-order valence-corrected chi connectivity index (χ1v) is 11.0. The van der Waals surface area contributed by atoms with Crippen LogP contribution in [-0.2, 0) is 0 Å². The van der Waals surface area contributed by atoms with E-state index in [2.05, 4.69) is 30.6 Å². The molecule has 3 heterocycles. The first-order valence-electron chi connectivity index (χ1n) is 9.99. The lowest BCUT2D eigenvalue weighted by Gasteiger charge is -2.05. The molecule has 8 nitrogen and oxygen atoms in total. The number of Topliss-reactive ketones (excluding diaryl/α,β-unsaturated/α-hetero) is 1. The van der Waals surface area contributed by atoms with Crippen molar-refractivity contribution in [3.8, 4) is 11.3 Å². The second kappa shape index (κ2) is 8.64. The van der Waals surface area contributed by atoms with Crippen LogP contribution in [0.5, 0.6) is 0 Å². The van der Waals surface area contributed by atoms with E-state index in [1.54, 1.807) is 16.6 Å². The molecule has 0 bridgehead atoms. The number of H-pyrrole nitrogens is 1. The highest BCUT2D eigenvalue weighted by Gasteiger charge is 2.14. The number of thioether (sulfide) groups is 1. The molecule has 0 atom stereocenters. The number of hydrogen-bond donors (Lipinski definition) is 2. The maximum atomic E-state index is 12.4. The van der Waals surface area contributed by atoms with Gasteiger partial charge in [0.1, 0.15) is 5.82 Å². The summed E-state index contributed by atoms with van der Waals surface area (Å²) < 4.78 is 1.62. The van der Waals surface area contributed by atoms with Crippen LogP contribution in [-0.4, -0.2) is 41.3 Å². The third-order valence-electron chi connectivity index (χ3n) is 4.77. The summed E-state index contributed by atoms with van der Waals surface area (Å²) in [6, 6.07) is 23.0. The molecule has 0 aliphatic carbocycles. The lowest BCUT2D eigenvalue weighted by Crippen LogP contribution is -2.03. The van der Waals surface area contributed by atoms with Gasteiger partial charge in [-0.05, 0) is 12.5 Å². The molecule has 3 aromatic heterocycles. The quantitative estimate of drug-likeness (QED) is 0.282. The highest BCUT2D eigenvalue weighted by atomic mass is 32.2. The Labute approximate surface area is 188 Å². The number of hydrogen-bond acceptors (Lipinski definition) is 7. The van der Waals surface area contributed by atoms with Crippen LogP contribution in [0.15, 0.2) is 78.0 Å². The summed E-state index contributed by atoms with van der Waals surface area (Å²) >= 11 is 1.29. The number of fused-ring (bicyclic) bond motifs is 1. The first kappa shape index (κ1) is 20.0. The Kier molecular flexibility index (Phi) is 5.39. The Morgan fingerprint density at radius 3 is 2.56 bits per heavy atom. The molecule has 2 aromatic carbocycles. The third-order valence-corrected chi connectivity index (χ3v) is 5.61. The molecule has 0 saturated carbocycles. The largest absolute Gasteiger partial charge is 0.323 e. The Morgan fingerprint density at radius 1 is 1.03 bits per heavy atom. The topological polar surface area (TPSA) is 101 Å². The zero-order chi connectivity index (χ0) is 21.9. The van der Waals surface area contributed by atoms with Crippen molar-refractivity contribution in [2.24, 2.45) is 0 Å². The van der Waals surface area contributed by atoms with E-state index in [0.29, 0.717) is 28.1 Å². The zero-order valence-corrected chi connectivity index (χ0v) is 18.0. The van der Waals surface area contributed by atoms with Gasteiger partial charge in [-0.15, -0.1) is 5.10 Å². The van der Waals surface area contributed by atoms with Gasteiger partial charge >= 0.3 is 0 Å². The second-order valence-corrected chi connectivity index (χ2v) is 8.07. The summed E-state index contributed by atoms with van der Waals surface area (Å²) in [5, 5.41) is 15.7. The summed E-state index contributed by atoms with van der Waals surface area (Å²) in [6.45, 7) is 1.89. The number of aryl methyl sites for hydroxylation is 1. The highest BCUT2D eigenvalue weighted by molar-refractivity contribution is 7.99. The standard InChI is InChI=1S/C23H19N7OS/c1-15-12-21(25-20-13-18(27-28-20)16-8-4-2-5-9-16)30-22(24-15)26-23(29-30)32-14-19(31)17-10-6-3-7-11-17/h2-13H,14H2,1H3,(H2,25,27,28). The van der Waals surface area contributed by atoms with E-state index in [1.807, 2.05) is 67.6 Å². The van der Waals surface area contributed by atoms with Crippen molar-refractivity contribution >= 4 is 35.0 Å². The molecule has 0 radical (unpaired) electrons. The summed E-state index contributed by atoms with van der Waals surface area (Å²) in [5.74, 6) is 2.08. The van der Waals surface area contributed by atoms with Crippen LogP contribution in [0.3, 0.4) is 0 Å². The number of anilines is 2. The molecular formula is C23H19N7OS. The minimum atomic E-state index is 0.0295. The van der Waals surface area contributed by atoms with Crippen molar-refractivity contribution in [1.29, 1.82) is 0 Å². The van der Waals surface area contributed by atoms with Crippen LogP contribution in [0.4, 0.5) is 11.6 Å². The van der Waals surface area contributed by atoms with Gasteiger partial charge in [-0.3, -0.25) is 9.89 Å². The van der Waals surface area contributed by atoms with Gasteiger partial charge < -0.3 is 5.32 Å². The molecule has 158 valence electrons. The predicted octanol–water partition coefficient (Wildman–Crippen LogP) is 4.54. The Morgan fingerprint density at radius 2 is 1.78 bits per heavy atom. The molecule has 0 aliphatic heterocycles. The van der Waals surface area contributed by atoms with Crippen molar-refractivity contribution in [2.75, 3.05) is 11.1 Å². The minimum Gasteiger partial charge on any atom is -0.323 e. The maximum absolute atomic E-state index is 12.4. The highest BCUT2D eigenvalue weighted by Crippen LogP contribution is 2.24. The second-order valence-electron chi connectivity index (χ2n) is 7.12. The van der Waals surface area contributed by atoms with Gasteiger partial charge in [0.2, 0.25) is 5.16 Å². The number of carbonyl (C=O) groups is 1. The predicted molar refractivity (Wildman–Crippen MR) is 124 cm³/mol. The van der Waals surface area contributed by atoms with E-state index in [1.165, 1.54) is 11.8 Å². The molecular weight excluding hydrogens is 422 g/mol. The van der Waals surface area contributed by atoms with Crippen LogP contribution in [0, 0.1) is 6.92 Å². The van der Waals surface area contributed by atoms with Crippen molar-refractivity contribution in [3.63, 3.8) is 0 Å². The molecule has 9 heteroatoms. The lowest BCUT2D eigenvalue weighted by molar-refractivity contribution is 0.102. The average Bonchev–Trinajstić information content (AvgIpc) is 3.45. The number of aromatic nitrogens is 6. The van der Waals surface area contributed by atoms with Gasteiger partial charge in [-0.1, -0.05) is 72.4 Å². The summed E-state index contributed by atoms with van der Waals surface area (Å²) in [6.07, 6.45) is 0. The van der Waals surface area contributed by atoms with E-state index in [0.717, 1.165) is 17.0 Å². The summed E-state index contributed by atoms with van der Waals surface area (Å²) in [7, 11) is 0. The maximum Gasteiger partial charge on any atom is 0.255 e. The van der Waals surface area contributed by atoms with Gasteiger partial charge in [0.25, 0.3) is 5.78 Å². The number of nitrogens with zero attached hydrogens (tertiary/aromatic N) is 5. The van der Waals surface area contributed by atoms with Crippen LogP contribution in [0.25, 0.3) is 17.0 Å². The number of aromatic amines is 1. The molecule has 0 amide bonds. The minimum absolute atomic E-state index is 0.0295. The van der Waals surface area contributed by atoms with Gasteiger partial charge in [-0.25, -0.2) is 4.98 Å².